The molecule has 0 saturated heterocycles. The van der Waals surface area contributed by atoms with Crippen molar-refractivity contribution in [3.8, 4) is 0 Å². The Bertz CT molecular complexity index is 495. The van der Waals surface area contributed by atoms with Crippen LogP contribution in [0.5, 0.6) is 0 Å². The van der Waals surface area contributed by atoms with E-state index in [1.807, 2.05) is 0 Å². The highest BCUT2D eigenvalue weighted by Gasteiger charge is 2.22. The monoisotopic (exact) mass is 347 g/mol. The molecule has 0 aromatic heterocycles. The molecule has 0 aliphatic rings. The van der Waals surface area contributed by atoms with Crippen LogP contribution >= 0.6 is 15.9 Å². The summed E-state index contributed by atoms with van der Waals surface area (Å²) >= 11 is 3.18. The highest BCUT2D eigenvalue weighted by Crippen LogP contribution is 2.17. The minimum Gasteiger partial charge on any atom is -0.468 e. The number of ether oxygens (including phenoxy) is 2. The van der Waals surface area contributed by atoms with Gasteiger partial charge in [0, 0.05) is 18.1 Å². The van der Waals surface area contributed by atoms with Gasteiger partial charge in [0.2, 0.25) is 0 Å². The van der Waals surface area contributed by atoms with Crippen LogP contribution < -0.4 is 0 Å². The number of carbonyl (C=O) groups is 2. The Morgan fingerprint density at radius 1 is 1.35 bits per heavy atom. The van der Waals surface area contributed by atoms with Crippen LogP contribution in [-0.4, -0.2) is 50.7 Å². The van der Waals surface area contributed by atoms with E-state index in [1.54, 1.807) is 0 Å². The Morgan fingerprint density at radius 3 is 2.65 bits per heavy atom. The molecule has 0 aliphatic heterocycles. The number of halogens is 2. The third-order valence-electron chi connectivity index (χ3n) is 2.56. The minimum atomic E-state index is -0.648. The number of esters is 1. The van der Waals surface area contributed by atoms with Gasteiger partial charge in [0.1, 0.15) is 12.4 Å². The van der Waals surface area contributed by atoms with Gasteiger partial charge in [-0.15, -0.1) is 0 Å². The fourth-order valence-corrected chi connectivity index (χ4v) is 1.87. The molecule has 0 atom stereocenters. The fourth-order valence-electron chi connectivity index (χ4n) is 1.51. The molecule has 1 aromatic carbocycles. The van der Waals surface area contributed by atoms with Crippen molar-refractivity contribution in [3.05, 3.63) is 34.1 Å². The number of amides is 1. The average Bonchev–Trinajstić information content (AvgIpc) is 2.44. The molecule has 0 bridgehead atoms. The van der Waals surface area contributed by atoms with E-state index >= 15 is 0 Å². The standard InChI is InChI=1S/C13H15BrFNO4/c1-19-6-5-16(8-12(17)20-2)13(18)10-7-9(14)3-4-11(10)15/h3-4,7H,5-6,8H2,1-2H3. The van der Waals surface area contributed by atoms with E-state index in [-0.39, 0.29) is 25.3 Å². The zero-order chi connectivity index (χ0) is 15.1. The predicted octanol–water partition coefficient (Wildman–Crippen LogP) is 1.85. The van der Waals surface area contributed by atoms with Crippen molar-refractivity contribution < 1.29 is 23.5 Å². The van der Waals surface area contributed by atoms with Crippen LogP contribution in [0.4, 0.5) is 4.39 Å². The minimum absolute atomic E-state index is 0.112. The van der Waals surface area contributed by atoms with Crippen LogP contribution in [0.15, 0.2) is 22.7 Å². The Hall–Kier alpha value is -1.47. The van der Waals surface area contributed by atoms with Crippen molar-refractivity contribution in [3.63, 3.8) is 0 Å². The summed E-state index contributed by atoms with van der Waals surface area (Å²) in [6, 6.07) is 4.05. The van der Waals surface area contributed by atoms with E-state index < -0.39 is 17.7 Å². The number of hydrogen-bond donors (Lipinski definition) is 0. The highest BCUT2D eigenvalue weighted by molar-refractivity contribution is 9.10. The Morgan fingerprint density at radius 2 is 2.05 bits per heavy atom. The predicted molar refractivity (Wildman–Crippen MR) is 73.9 cm³/mol. The lowest BCUT2D eigenvalue weighted by Crippen LogP contribution is -2.38. The van der Waals surface area contributed by atoms with Crippen molar-refractivity contribution in [2.45, 2.75) is 0 Å². The summed E-state index contributed by atoms with van der Waals surface area (Å²) in [6.07, 6.45) is 0. The quantitative estimate of drug-likeness (QED) is 0.737. The first kappa shape index (κ1) is 16.6. The zero-order valence-electron chi connectivity index (χ0n) is 11.2. The van der Waals surface area contributed by atoms with E-state index in [0.717, 1.165) is 0 Å². The summed E-state index contributed by atoms with van der Waals surface area (Å²) in [5.41, 5.74) is -0.112. The lowest BCUT2D eigenvalue weighted by molar-refractivity contribution is -0.141. The summed E-state index contributed by atoms with van der Waals surface area (Å²) in [5.74, 6) is -1.82. The molecular formula is C13H15BrFNO4. The van der Waals surface area contributed by atoms with Crippen molar-refractivity contribution in [2.24, 2.45) is 0 Å². The maximum absolute atomic E-state index is 13.7. The van der Waals surface area contributed by atoms with Gasteiger partial charge in [-0.3, -0.25) is 9.59 Å². The fraction of sp³-hybridized carbons (Fsp3) is 0.385. The summed E-state index contributed by atoms with van der Waals surface area (Å²) in [4.78, 5) is 24.8. The molecular weight excluding hydrogens is 333 g/mol. The van der Waals surface area contributed by atoms with Gasteiger partial charge >= 0.3 is 5.97 Å². The molecule has 1 aromatic rings. The van der Waals surface area contributed by atoms with Gasteiger partial charge in [-0.1, -0.05) is 15.9 Å². The number of benzene rings is 1. The third kappa shape index (κ3) is 4.57. The lowest BCUT2D eigenvalue weighted by atomic mass is 10.2. The molecule has 110 valence electrons. The molecule has 0 aliphatic carbocycles. The first-order valence-electron chi connectivity index (χ1n) is 5.79. The van der Waals surface area contributed by atoms with Crippen molar-refractivity contribution in [1.29, 1.82) is 0 Å². The summed E-state index contributed by atoms with van der Waals surface area (Å²) in [6.45, 7) is 0.138. The molecule has 0 fully saturated rings. The third-order valence-corrected chi connectivity index (χ3v) is 3.05. The van der Waals surface area contributed by atoms with Crippen molar-refractivity contribution in [2.75, 3.05) is 33.9 Å². The van der Waals surface area contributed by atoms with E-state index in [0.29, 0.717) is 4.47 Å². The Labute approximate surface area is 124 Å². The second-order valence-corrected chi connectivity index (χ2v) is 4.84. The van der Waals surface area contributed by atoms with Crippen LogP contribution in [0.3, 0.4) is 0 Å². The molecule has 0 heterocycles. The van der Waals surface area contributed by atoms with Gasteiger partial charge in [0.05, 0.1) is 19.3 Å². The second kappa shape index (κ2) is 7.96. The summed E-state index contributed by atoms with van der Waals surface area (Å²) in [5, 5.41) is 0. The van der Waals surface area contributed by atoms with E-state index in [4.69, 9.17) is 4.74 Å². The van der Waals surface area contributed by atoms with Gasteiger partial charge in [-0.25, -0.2) is 4.39 Å². The van der Waals surface area contributed by atoms with Crippen molar-refractivity contribution >= 4 is 27.8 Å². The first-order valence-corrected chi connectivity index (χ1v) is 6.59. The molecule has 20 heavy (non-hydrogen) atoms. The second-order valence-electron chi connectivity index (χ2n) is 3.92. The van der Waals surface area contributed by atoms with Crippen molar-refractivity contribution in [1.82, 2.24) is 4.90 Å². The molecule has 0 saturated carbocycles. The van der Waals surface area contributed by atoms with Gasteiger partial charge in [0.15, 0.2) is 0 Å². The molecule has 1 rings (SSSR count). The summed E-state index contributed by atoms with van der Waals surface area (Å²) in [7, 11) is 2.70. The molecule has 0 N–H and O–H groups in total. The van der Waals surface area contributed by atoms with Gasteiger partial charge < -0.3 is 14.4 Å². The molecule has 1 amide bonds. The topological polar surface area (TPSA) is 55.8 Å². The van der Waals surface area contributed by atoms with E-state index in [2.05, 4.69) is 20.7 Å². The van der Waals surface area contributed by atoms with Gasteiger partial charge in [-0.05, 0) is 18.2 Å². The SMILES string of the molecule is COCCN(CC(=O)OC)C(=O)c1cc(Br)ccc1F. The lowest BCUT2D eigenvalue weighted by Gasteiger charge is -2.21. The normalized spacial score (nSPS) is 10.2. The van der Waals surface area contributed by atoms with Crippen LogP contribution in [0.25, 0.3) is 0 Å². The van der Waals surface area contributed by atoms with Gasteiger partial charge in [0.25, 0.3) is 5.91 Å². The molecule has 0 unspecified atom stereocenters. The van der Waals surface area contributed by atoms with Crippen LogP contribution in [-0.2, 0) is 14.3 Å². The molecule has 5 nitrogen and oxygen atoms in total. The maximum atomic E-state index is 13.7. The van der Waals surface area contributed by atoms with Crippen LogP contribution in [0.2, 0.25) is 0 Å². The molecule has 7 heteroatoms. The maximum Gasteiger partial charge on any atom is 0.325 e. The average molecular weight is 348 g/mol. The Balaban J connectivity index is 2.96. The largest absolute Gasteiger partial charge is 0.468 e. The number of carbonyl (C=O) groups excluding carboxylic acids is 2. The molecule has 0 radical (unpaired) electrons. The van der Waals surface area contributed by atoms with E-state index in [1.165, 1.54) is 37.3 Å². The first-order chi connectivity index (χ1) is 9.49. The van der Waals surface area contributed by atoms with Crippen LogP contribution in [0.1, 0.15) is 10.4 Å². The number of hydrogen-bond acceptors (Lipinski definition) is 4. The molecule has 0 spiro atoms. The van der Waals surface area contributed by atoms with Crippen LogP contribution in [0, 0.1) is 5.82 Å². The number of nitrogens with zero attached hydrogens (tertiary/aromatic N) is 1. The number of rotatable bonds is 6. The van der Waals surface area contributed by atoms with E-state index in [9.17, 15) is 14.0 Å². The number of methoxy groups -OCH3 is 2. The highest BCUT2D eigenvalue weighted by atomic mass is 79.9. The Kier molecular flexibility index (Phi) is 6.60. The smallest absolute Gasteiger partial charge is 0.325 e. The van der Waals surface area contributed by atoms with Gasteiger partial charge in [-0.2, -0.15) is 0 Å². The summed E-state index contributed by atoms with van der Waals surface area (Å²) < 4.78 is 23.7. The zero-order valence-corrected chi connectivity index (χ0v) is 12.8.